The Bertz CT molecular complexity index is 513. The number of carboxylic acid groups (broad SMARTS) is 1. The van der Waals surface area contributed by atoms with E-state index in [1.807, 2.05) is 0 Å². The van der Waals surface area contributed by atoms with Crippen LogP contribution in [0.2, 0.25) is 5.02 Å². The largest absolute Gasteiger partial charge is 0.480 e. The van der Waals surface area contributed by atoms with Crippen molar-refractivity contribution in [2.24, 2.45) is 0 Å². The lowest BCUT2D eigenvalue weighted by atomic mass is 10.2. The summed E-state index contributed by atoms with van der Waals surface area (Å²) in [7, 11) is 0. The Hall–Kier alpha value is -1.75. The number of halogens is 1. The van der Waals surface area contributed by atoms with Crippen molar-refractivity contribution >= 4 is 23.5 Å². The van der Waals surface area contributed by atoms with E-state index in [2.05, 4.69) is 5.32 Å². The SMILES string of the molecule is CC(Oc1cc(Cl)ccc1C(=O)O)C(=O)NC1CC1. The third-order valence-electron chi connectivity index (χ3n) is 2.77. The van der Waals surface area contributed by atoms with E-state index in [1.54, 1.807) is 6.92 Å². The number of benzene rings is 1. The average molecular weight is 284 g/mol. The van der Waals surface area contributed by atoms with Crippen LogP contribution in [0.5, 0.6) is 5.75 Å². The number of hydrogen-bond acceptors (Lipinski definition) is 3. The van der Waals surface area contributed by atoms with Gasteiger partial charge in [-0.3, -0.25) is 4.79 Å². The molecule has 1 atom stereocenters. The molecule has 1 aromatic rings. The number of amides is 1. The van der Waals surface area contributed by atoms with E-state index < -0.39 is 12.1 Å². The highest BCUT2D eigenvalue weighted by Gasteiger charge is 2.27. The first kappa shape index (κ1) is 13.7. The number of carboxylic acids is 1. The summed E-state index contributed by atoms with van der Waals surface area (Å²) in [5, 5.41) is 12.2. The van der Waals surface area contributed by atoms with Crippen LogP contribution in [0.25, 0.3) is 0 Å². The average Bonchev–Trinajstić information content (AvgIpc) is 3.12. The van der Waals surface area contributed by atoms with Gasteiger partial charge in [-0.15, -0.1) is 0 Å². The number of nitrogens with one attached hydrogen (secondary N) is 1. The number of rotatable bonds is 5. The summed E-state index contributed by atoms with van der Waals surface area (Å²) < 4.78 is 5.40. The normalized spacial score (nSPS) is 15.7. The maximum Gasteiger partial charge on any atom is 0.339 e. The summed E-state index contributed by atoms with van der Waals surface area (Å²) >= 11 is 5.81. The van der Waals surface area contributed by atoms with Crippen molar-refractivity contribution in [3.05, 3.63) is 28.8 Å². The first-order valence-corrected chi connectivity index (χ1v) is 6.35. The maximum atomic E-state index is 11.7. The third-order valence-corrected chi connectivity index (χ3v) is 3.01. The molecule has 2 N–H and O–H groups in total. The molecule has 1 aliphatic rings. The van der Waals surface area contributed by atoms with Gasteiger partial charge >= 0.3 is 5.97 Å². The van der Waals surface area contributed by atoms with Crippen LogP contribution in [0.1, 0.15) is 30.1 Å². The van der Waals surface area contributed by atoms with Gasteiger partial charge < -0.3 is 15.2 Å². The first-order valence-electron chi connectivity index (χ1n) is 5.97. The van der Waals surface area contributed by atoms with Gasteiger partial charge in [0, 0.05) is 11.1 Å². The van der Waals surface area contributed by atoms with E-state index in [4.69, 9.17) is 21.4 Å². The van der Waals surface area contributed by atoms with Gasteiger partial charge in [0.15, 0.2) is 6.10 Å². The lowest BCUT2D eigenvalue weighted by Crippen LogP contribution is -2.37. The van der Waals surface area contributed by atoms with E-state index in [0.29, 0.717) is 5.02 Å². The number of ether oxygens (including phenoxy) is 1. The van der Waals surface area contributed by atoms with Crippen LogP contribution in [0, 0.1) is 0 Å². The molecule has 0 heterocycles. The summed E-state index contributed by atoms with van der Waals surface area (Å²) in [6, 6.07) is 4.45. The van der Waals surface area contributed by atoms with Crippen LogP contribution in [0.3, 0.4) is 0 Å². The van der Waals surface area contributed by atoms with Crippen LogP contribution >= 0.6 is 11.6 Å². The minimum atomic E-state index is -1.12. The van der Waals surface area contributed by atoms with Crippen molar-refractivity contribution < 1.29 is 19.4 Å². The molecule has 1 aliphatic carbocycles. The van der Waals surface area contributed by atoms with E-state index in [-0.39, 0.29) is 23.3 Å². The summed E-state index contributed by atoms with van der Waals surface area (Å²) in [4.78, 5) is 22.8. The fourth-order valence-corrected chi connectivity index (χ4v) is 1.72. The first-order chi connectivity index (χ1) is 8.97. The molecule has 0 bridgehead atoms. The van der Waals surface area contributed by atoms with Gasteiger partial charge in [-0.25, -0.2) is 4.79 Å². The molecule has 1 amide bonds. The third kappa shape index (κ3) is 3.61. The number of carbonyl (C=O) groups is 2. The van der Waals surface area contributed by atoms with Crippen LogP contribution in [0.4, 0.5) is 0 Å². The summed E-state index contributed by atoms with van der Waals surface area (Å²) in [6.45, 7) is 1.57. The number of hydrogen-bond donors (Lipinski definition) is 2. The smallest absolute Gasteiger partial charge is 0.339 e. The highest BCUT2D eigenvalue weighted by atomic mass is 35.5. The van der Waals surface area contributed by atoms with Crippen molar-refractivity contribution in [1.29, 1.82) is 0 Å². The Balaban J connectivity index is 2.10. The maximum absolute atomic E-state index is 11.7. The van der Waals surface area contributed by atoms with Gasteiger partial charge in [0.2, 0.25) is 0 Å². The van der Waals surface area contributed by atoms with Crippen molar-refractivity contribution in [2.75, 3.05) is 0 Å². The predicted molar refractivity (Wildman–Crippen MR) is 69.7 cm³/mol. The second kappa shape index (κ2) is 5.48. The van der Waals surface area contributed by atoms with Crippen LogP contribution in [-0.2, 0) is 4.79 Å². The predicted octanol–water partition coefficient (Wildman–Crippen LogP) is 2.08. The lowest BCUT2D eigenvalue weighted by molar-refractivity contribution is -0.127. The Morgan fingerprint density at radius 2 is 2.16 bits per heavy atom. The molecular formula is C13H14ClNO4. The number of carbonyl (C=O) groups excluding carboxylic acids is 1. The molecule has 0 spiro atoms. The minimum absolute atomic E-state index is 0.0181. The molecular weight excluding hydrogens is 270 g/mol. The van der Waals surface area contributed by atoms with Crippen LogP contribution in [0.15, 0.2) is 18.2 Å². The molecule has 0 saturated heterocycles. The molecule has 19 heavy (non-hydrogen) atoms. The Labute approximate surface area is 115 Å². The van der Waals surface area contributed by atoms with Gasteiger partial charge in [0.25, 0.3) is 5.91 Å². The molecule has 0 radical (unpaired) electrons. The topological polar surface area (TPSA) is 75.6 Å². The summed E-state index contributed by atoms with van der Waals surface area (Å²) in [6.07, 6.45) is 1.20. The van der Waals surface area contributed by atoms with Crippen molar-refractivity contribution in [3.63, 3.8) is 0 Å². The lowest BCUT2D eigenvalue weighted by Gasteiger charge is -2.16. The molecule has 2 rings (SSSR count). The van der Waals surface area contributed by atoms with E-state index in [9.17, 15) is 9.59 Å². The van der Waals surface area contributed by atoms with E-state index in [0.717, 1.165) is 12.8 Å². The molecule has 5 nitrogen and oxygen atoms in total. The molecule has 0 aromatic heterocycles. The fourth-order valence-electron chi connectivity index (χ4n) is 1.56. The molecule has 1 unspecified atom stereocenters. The molecule has 1 fully saturated rings. The van der Waals surface area contributed by atoms with Crippen molar-refractivity contribution in [2.45, 2.75) is 31.9 Å². The van der Waals surface area contributed by atoms with Crippen molar-refractivity contribution in [3.8, 4) is 5.75 Å². The van der Waals surface area contributed by atoms with Crippen LogP contribution < -0.4 is 10.1 Å². The standard InChI is InChI=1S/C13H14ClNO4/c1-7(12(16)15-9-3-4-9)19-11-6-8(14)2-5-10(11)13(17)18/h2,5-7,9H,3-4H2,1H3,(H,15,16)(H,17,18). The minimum Gasteiger partial charge on any atom is -0.480 e. The Morgan fingerprint density at radius 3 is 2.74 bits per heavy atom. The monoisotopic (exact) mass is 283 g/mol. The Morgan fingerprint density at radius 1 is 1.47 bits per heavy atom. The Kier molecular flexibility index (Phi) is 3.95. The molecule has 1 saturated carbocycles. The second-order valence-corrected chi connectivity index (χ2v) is 4.93. The van der Waals surface area contributed by atoms with Gasteiger partial charge in [-0.1, -0.05) is 11.6 Å². The summed E-state index contributed by atoms with van der Waals surface area (Å²) in [5.41, 5.74) is -0.0181. The van der Waals surface area contributed by atoms with Gasteiger partial charge in [0.1, 0.15) is 11.3 Å². The zero-order chi connectivity index (χ0) is 14.0. The van der Waals surface area contributed by atoms with E-state index in [1.165, 1.54) is 18.2 Å². The van der Waals surface area contributed by atoms with Crippen LogP contribution in [-0.4, -0.2) is 29.1 Å². The molecule has 1 aromatic carbocycles. The fraction of sp³-hybridized carbons (Fsp3) is 0.385. The highest BCUT2D eigenvalue weighted by Crippen LogP contribution is 2.25. The molecule has 102 valence electrons. The van der Waals surface area contributed by atoms with Gasteiger partial charge in [0.05, 0.1) is 0 Å². The zero-order valence-corrected chi connectivity index (χ0v) is 11.1. The summed E-state index contributed by atoms with van der Waals surface area (Å²) in [5.74, 6) is -1.28. The molecule has 0 aliphatic heterocycles. The van der Waals surface area contributed by atoms with Gasteiger partial charge in [-0.2, -0.15) is 0 Å². The highest BCUT2D eigenvalue weighted by molar-refractivity contribution is 6.30. The van der Waals surface area contributed by atoms with Gasteiger partial charge in [-0.05, 0) is 38.0 Å². The van der Waals surface area contributed by atoms with Crippen molar-refractivity contribution in [1.82, 2.24) is 5.32 Å². The quantitative estimate of drug-likeness (QED) is 0.867. The second-order valence-electron chi connectivity index (χ2n) is 4.49. The number of aromatic carboxylic acids is 1. The zero-order valence-electron chi connectivity index (χ0n) is 10.4. The van der Waals surface area contributed by atoms with E-state index >= 15 is 0 Å². The molecule has 6 heteroatoms.